The highest BCUT2D eigenvalue weighted by Gasteiger charge is 2.26. The van der Waals surface area contributed by atoms with E-state index < -0.39 is 0 Å². The number of likely N-dealkylation sites (N-methyl/N-ethyl adjacent to an activating group) is 1. The van der Waals surface area contributed by atoms with Crippen LogP contribution in [0, 0.1) is 0 Å². The lowest BCUT2D eigenvalue weighted by Crippen LogP contribution is -2.45. The number of rotatable bonds is 2. The first kappa shape index (κ1) is 17.1. The molecule has 0 bridgehead atoms. The minimum absolute atomic E-state index is 0.104. The first-order valence-electron chi connectivity index (χ1n) is 9.69. The van der Waals surface area contributed by atoms with Crippen LogP contribution < -0.4 is 15.4 Å². The topological polar surface area (TPSA) is 81.2 Å². The van der Waals surface area contributed by atoms with E-state index in [1.165, 1.54) is 5.56 Å². The van der Waals surface area contributed by atoms with Crippen molar-refractivity contribution in [2.45, 2.75) is 13.0 Å². The molecule has 8 heteroatoms. The van der Waals surface area contributed by atoms with Gasteiger partial charge in [-0.1, -0.05) is 12.1 Å². The summed E-state index contributed by atoms with van der Waals surface area (Å²) in [7, 11) is 2.15. The molecule has 0 amide bonds. The zero-order valence-electron chi connectivity index (χ0n) is 15.9. The number of benzene rings is 1. The van der Waals surface area contributed by atoms with Gasteiger partial charge in [0.25, 0.3) is 5.56 Å². The standard InChI is InChI=1S/C20H23N7O/c1-25-8-10-26(11-9-25)18-14-6-7-27(12-17(14)21-13-22-18)20-23-16-5-3-2-4-15(16)19(28)24-20/h2-5,13H,6-12H2,1H3,(H,23,24,28). The Morgan fingerprint density at radius 3 is 2.68 bits per heavy atom. The van der Waals surface area contributed by atoms with Crippen molar-refractivity contribution < 1.29 is 0 Å². The molecule has 2 aliphatic rings. The van der Waals surface area contributed by atoms with Crippen molar-refractivity contribution in [3.63, 3.8) is 0 Å². The van der Waals surface area contributed by atoms with Gasteiger partial charge in [-0.15, -0.1) is 0 Å². The number of para-hydroxylation sites is 1. The van der Waals surface area contributed by atoms with Gasteiger partial charge in [-0.2, -0.15) is 0 Å². The number of aromatic nitrogens is 4. The lowest BCUT2D eigenvalue weighted by molar-refractivity contribution is 0.311. The molecule has 1 fully saturated rings. The van der Waals surface area contributed by atoms with Gasteiger partial charge >= 0.3 is 0 Å². The van der Waals surface area contributed by atoms with Crippen molar-refractivity contribution in [3.05, 3.63) is 52.2 Å². The summed E-state index contributed by atoms with van der Waals surface area (Å²) in [6.07, 6.45) is 2.50. The smallest absolute Gasteiger partial charge is 0.260 e. The fourth-order valence-electron chi connectivity index (χ4n) is 4.03. The molecule has 28 heavy (non-hydrogen) atoms. The van der Waals surface area contributed by atoms with Crippen LogP contribution in [0.3, 0.4) is 0 Å². The van der Waals surface area contributed by atoms with E-state index in [-0.39, 0.29) is 5.56 Å². The molecule has 0 radical (unpaired) electrons. The summed E-state index contributed by atoms with van der Waals surface area (Å²) >= 11 is 0. The van der Waals surface area contributed by atoms with Crippen molar-refractivity contribution >= 4 is 22.7 Å². The van der Waals surface area contributed by atoms with E-state index in [1.807, 2.05) is 18.2 Å². The van der Waals surface area contributed by atoms with Crippen LogP contribution in [0.1, 0.15) is 11.3 Å². The van der Waals surface area contributed by atoms with E-state index in [1.54, 1.807) is 12.4 Å². The highest BCUT2D eigenvalue weighted by atomic mass is 16.1. The van der Waals surface area contributed by atoms with Gasteiger partial charge in [-0.05, 0) is 25.6 Å². The number of hydrogen-bond acceptors (Lipinski definition) is 7. The van der Waals surface area contributed by atoms with Gasteiger partial charge in [0.2, 0.25) is 5.95 Å². The normalized spacial score (nSPS) is 17.8. The van der Waals surface area contributed by atoms with Crippen LogP contribution in [-0.2, 0) is 13.0 Å². The molecule has 0 atom stereocenters. The summed E-state index contributed by atoms with van der Waals surface area (Å²) in [5.74, 6) is 1.67. The number of hydrogen-bond donors (Lipinski definition) is 1. The third kappa shape index (κ3) is 2.99. The number of anilines is 2. The second-order valence-electron chi connectivity index (χ2n) is 7.49. The Morgan fingerprint density at radius 1 is 1.00 bits per heavy atom. The van der Waals surface area contributed by atoms with E-state index in [0.717, 1.165) is 50.7 Å². The zero-order valence-corrected chi connectivity index (χ0v) is 15.9. The fraction of sp³-hybridized carbons (Fsp3) is 0.400. The maximum atomic E-state index is 12.4. The highest BCUT2D eigenvalue weighted by molar-refractivity contribution is 5.78. The Bertz CT molecular complexity index is 1070. The molecule has 1 aromatic carbocycles. The SMILES string of the molecule is CN1CCN(c2ncnc3c2CCN(c2nc4ccccc4c(=O)[nH]2)C3)CC1. The average Bonchev–Trinajstić information content (AvgIpc) is 2.73. The summed E-state index contributed by atoms with van der Waals surface area (Å²) < 4.78 is 0. The minimum atomic E-state index is -0.104. The van der Waals surface area contributed by atoms with E-state index in [9.17, 15) is 4.79 Å². The molecule has 3 aromatic rings. The summed E-state index contributed by atoms with van der Waals surface area (Å²) in [5, 5.41) is 0.614. The van der Waals surface area contributed by atoms with E-state index in [4.69, 9.17) is 0 Å². The Labute approximate surface area is 162 Å². The van der Waals surface area contributed by atoms with Gasteiger partial charge in [-0.25, -0.2) is 15.0 Å². The van der Waals surface area contributed by atoms with Crippen molar-refractivity contribution in [1.29, 1.82) is 0 Å². The van der Waals surface area contributed by atoms with E-state index >= 15 is 0 Å². The van der Waals surface area contributed by atoms with Crippen molar-refractivity contribution in [2.75, 3.05) is 49.6 Å². The van der Waals surface area contributed by atoms with Crippen molar-refractivity contribution in [1.82, 2.24) is 24.8 Å². The zero-order chi connectivity index (χ0) is 19.1. The predicted molar refractivity (Wildman–Crippen MR) is 109 cm³/mol. The van der Waals surface area contributed by atoms with E-state index in [0.29, 0.717) is 23.4 Å². The number of aromatic amines is 1. The summed E-state index contributed by atoms with van der Waals surface area (Å²) in [5.41, 5.74) is 2.86. The first-order chi connectivity index (χ1) is 13.7. The number of fused-ring (bicyclic) bond motifs is 2. The molecule has 5 rings (SSSR count). The van der Waals surface area contributed by atoms with Crippen LogP contribution in [0.25, 0.3) is 10.9 Å². The van der Waals surface area contributed by atoms with E-state index in [2.05, 4.69) is 41.7 Å². The van der Waals surface area contributed by atoms with Gasteiger partial charge in [0, 0.05) is 38.3 Å². The number of piperazine rings is 1. The molecule has 4 heterocycles. The minimum Gasteiger partial charge on any atom is -0.354 e. The monoisotopic (exact) mass is 377 g/mol. The molecular formula is C20H23N7O. The van der Waals surface area contributed by atoms with Gasteiger partial charge in [0.15, 0.2) is 0 Å². The quantitative estimate of drug-likeness (QED) is 0.714. The summed E-state index contributed by atoms with van der Waals surface area (Å²) in [6, 6.07) is 7.43. The highest BCUT2D eigenvalue weighted by Crippen LogP contribution is 2.27. The molecule has 0 aliphatic carbocycles. The molecule has 2 aromatic heterocycles. The Hall–Kier alpha value is -3.00. The maximum absolute atomic E-state index is 12.4. The van der Waals surface area contributed by atoms with Gasteiger partial charge in [0.05, 0.1) is 23.1 Å². The van der Waals surface area contributed by atoms with Crippen LogP contribution in [0.5, 0.6) is 0 Å². The maximum Gasteiger partial charge on any atom is 0.260 e. The number of H-pyrrole nitrogens is 1. The lowest BCUT2D eigenvalue weighted by atomic mass is 10.0. The van der Waals surface area contributed by atoms with Crippen LogP contribution in [-0.4, -0.2) is 64.6 Å². The Morgan fingerprint density at radius 2 is 1.82 bits per heavy atom. The molecule has 8 nitrogen and oxygen atoms in total. The average molecular weight is 377 g/mol. The second kappa shape index (κ2) is 6.87. The largest absolute Gasteiger partial charge is 0.354 e. The fourth-order valence-corrected chi connectivity index (χ4v) is 4.03. The predicted octanol–water partition coefficient (Wildman–Crippen LogP) is 1.03. The summed E-state index contributed by atoms with van der Waals surface area (Å²) in [4.78, 5) is 36.0. The molecule has 0 spiro atoms. The van der Waals surface area contributed by atoms with Gasteiger partial charge < -0.3 is 14.7 Å². The van der Waals surface area contributed by atoms with Crippen LogP contribution in [0.2, 0.25) is 0 Å². The molecule has 1 N–H and O–H groups in total. The summed E-state index contributed by atoms with van der Waals surface area (Å²) in [6.45, 7) is 5.48. The van der Waals surface area contributed by atoms with Crippen molar-refractivity contribution in [3.8, 4) is 0 Å². The molecule has 0 saturated carbocycles. The molecular weight excluding hydrogens is 354 g/mol. The Kier molecular flexibility index (Phi) is 4.20. The Balaban J connectivity index is 1.45. The van der Waals surface area contributed by atoms with Crippen LogP contribution in [0.15, 0.2) is 35.4 Å². The molecule has 2 aliphatic heterocycles. The third-order valence-corrected chi connectivity index (χ3v) is 5.69. The number of nitrogens with one attached hydrogen (secondary N) is 1. The first-order valence-corrected chi connectivity index (χ1v) is 9.69. The van der Waals surface area contributed by atoms with Crippen molar-refractivity contribution in [2.24, 2.45) is 0 Å². The van der Waals surface area contributed by atoms with Gasteiger partial charge in [-0.3, -0.25) is 9.78 Å². The third-order valence-electron chi connectivity index (χ3n) is 5.69. The lowest BCUT2D eigenvalue weighted by Gasteiger charge is -2.36. The van der Waals surface area contributed by atoms with Crippen LogP contribution >= 0.6 is 0 Å². The van der Waals surface area contributed by atoms with Crippen LogP contribution in [0.4, 0.5) is 11.8 Å². The molecule has 144 valence electrons. The van der Waals surface area contributed by atoms with Gasteiger partial charge in [0.1, 0.15) is 12.1 Å². The molecule has 1 saturated heterocycles. The number of nitrogens with zero attached hydrogens (tertiary/aromatic N) is 6. The second-order valence-corrected chi connectivity index (χ2v) is 7.49. The molecule has 0 unspecified atom stereocenters.